The minimum absolute atomic E-state index is 0.254. The van der Waals surface area contributed by atoms with E-state index < -0.39 is 0 Å². The van der Waals surface area contributed by atoms with Crippen LogP contribution in [0.4, 0.5) is 0 Å². The first-order valence-corrected chi connectivity index (χ1v) is 16.4. The summed E-state index contributed by atoms with van der Waals surface area (Å²) in [5.41, 5.74) is 5.32. The van der Waals surface area contributed by atoms with Crippen molar-refractivity contribution >= 4 is 11.4 Å². The molecule has 0 spiro atoms. The Morgan fingerprint density at radius 1 is 0.595 bits per heavy atom. The quantitative estimate of drug-likeness (QED) is 0.197. The summed E-state index contributed by atoms with van der Waals surface area (Å²) in [5, 5.41) is 26.1. The average Bonchev–Trinajstić information content (AvgIpc) is 3.02. The van der Waals surface area contributed by atoms with Gasteiger partial charge in [-0.2, -0.15) is 0 Å². The highest BCUT2D eigenvalue weighted by molar-refractivity contribution is 5.90. The van der Waals surface area contributed by atoms with E-state index in [-0.39, 0.29) is 10.8 Å². The molecule has 0 bridgehead atoms. The maximum atomic E-state index is 9.39. The minimum Gasteiger partial charge on any atom is -0.411 e. The van der Waals surface area contributed by atoms with Gasteiger partial charge in [-0.25, -0.2) is 0 Å². The Bertz CT molecular complexity index is 1060. The van der Waals surface area contributed by atoms with Gasteiger partial charge in [0, 0.05) is 24.9 Å². The van der Waals surface area contributed by atoms with E-state index in [0.29, 0.717) is 11.8 Å². The third-order valence-electron chi connectivity index (χ3n) is 10.6. The number of hydrogen-bond acceptors (Lipinski definition) is 6. The van der Waals surface area contributed by atoms with Gasteiger partial charge in [-0.05, 0) is 99.5 Å². The second-order valence-corrected chi connectivity index (χ2v) is 13.9. The zero-order valence-corrected chi connectivity index (χ0v) is 25.9. The Balaban J connectivity index is 0.000000168. The minimum atomic E-state index is 0.254. The molecular formula is C36H52N4O2. The van der Waals surface area contributed by atoms with Crippen molar-refractivity contribution in [1.82, 2.24) is 9.80 Å². The molecule has 2 saturated carbocycles. The SMILES string of the molecule is CC1(c2ccccc2)CC(/C(CN2CCCCC2)=N/O)C1.CC1(c2ccccc2)CC(/C(CN2CCCCC2)=N/O)C1. The lowest BCUT2D eigenvalue weighted by molar-refractivity contribution is 0.194. The van der Waals surface area contributed by atoms with E-state index in [1.807, 2.05) is 0 Å². The summed E-state index contributed by atoms with van der Waals surface area (Å²) in [6, 6.07) is 21.5. The van der Waals surface area contributed by atoms with Crippen molar-refractivity contribution in [2.24, 2.45) is 22.1 Å². The fourth-order valence-corrected chi connectivity index (χ4v) is 7.86. The van der Waals surface area contributed by atoms with Crippen molar-refractivity contribution in [2.45, 2.75) is 88.9 Å². The van der Waals surface area contributed by atoms with Gasteiger partial charge in [0.05, 0.1) is 11.4 Å². The molecule has 4 aliphatic rings. The molecule has 0 unspecified atom stereocenters. The third kappa shape index (κ3) is 7.44. The van der Waals surface area contributed by atoms with Crippen LogP contribution in [0.1, 0.15) is 89.2 Å². The van der Waals surface area contributed by atoms with Crippen LogP contribution in [0.3, 0.4) is 0 Å². The molecule has 4 fully saturated rings. The van der Waals surface area contributed by atoms with Crippen LogP contribution in [0.5, 0.6) is 0 Å². The van der Waals surface area contributed by atoms with Gasteiger partial charge in [0.25, 0.3) is 0 Å². The summed E-state index contributed by atoms with van der Waals surface area (Å²) in [6.45, 7) is 11.0. The van der Waals surface area contributed by atoms with Crippen LogP contribution >= 0.6 is 0 Å². The molecule has 228 valence electrons. The first-order chi connectivity index (χ1) is 20.4. The van der Waals surface area contributed by atoms with E-state index in [0.717, 1.165) is 76.4 Å². The number of oxime groups is 2. The number of piperidine rings is 2. The number of benzene rings is 2. The van der Waals surface area contributed by atoms with Crippen molar-refractivity contribution in [3.8, 4) is 0 Å². The summed E-state index contributed by atoms with van der Waals surface area (Å²) < 4.78 is 0. The molecule has 0 amide bonds. The van der Waals surface area contributed by atoms with Crippen molar-refractivity contribution in [2.75, 3.05) is 39.3 Å². The second kappa shape index (κ2) is 14.2. The maximum Gasteiger partial charge on any atom is 0.0742 e. The van der Waals surface area contributed by atoms with Gasteiger partial charge >= 0.3 is 0 Å². The lowest BCUT2D eigenvalue weighted by atomic mass is 9.58. The Hall–Kier alpha value is -2.70. The molecule has 0 radical (unpaired) electrons. The normalized spacial score (nSPS) is 30.9. The average molecular weight is 573 g/mol. The zero-order chi connectivity index (χ0) is 29.4. The van der Waals surface area contributed by atoms with Crippen LogP contribution in [0.25, 0.3) is 0 Å². The molecular weight excluding hydrogens is 520 g/mol. The van der Waals surface area contributed by atoms with E-state index in [4.69, 9.17) is 0 Å². The molecule has 42 heavy (non-hydrogen) atoms. The lowest BCUT2D eigenvalue weighted by Gasteiger charge is -2.46. The standard InChI is InChI=1S/2C18H26N2O/c2*1-18(16-8-4-2-5-9-16)12-15(13-18)17(19-21)14-20-10-6-3-7-11-20/h2*2,4-5,8-9,15,21H,3,6-7,10-14H2,1H3/b2*19-17+. The van der Waals surface area contributed by atoms with Gasteiger partial charge in [0.2, 0.25) is 0 Å². The Labute approximate surface area is 253 Å². The maximum absolute atomic E-state index is 9.39. The fraction of sp³-hybridized carbons (Fsp3) is 0.611. The van der Waals surface area contributed by atoms with Gasteiger partial charge < -0.3 is 10.4 Å². The molecule has 6 nitrogen and oxygen atoms in total. The highest BCUT2D eigenvalue weighted by atomic mass is 16.4. The monoisotopic (exact) mass is 572 g/mol. The Morgan fingerprint density at radius 3 is 1.24 bits per heavy atom. The van der Waals surface area contributed by atoms with E-state index in [2.05, 4.69) is 94.6 Å². The summed E-state index contributed by atoms with van der Waals surface area (Å²) in [6.07, 6.45) is 12.2. The van der Waals surface area contributed by atoms with Crippen LogP contribution < -0.4 is 0 Å². The predicted molar refractivity (Wildman–Crippen MR) is 172 cm³/mol. The second-order valence-electron chi connectivity index (χ2n) is 13.9. The van der Waals surface area contributed by atoms with Gasteiger partial charge in [-0.15, -0.1) is 0 Å². The van der Waals surface area contributed by atoms with Gasteiger partial charge in [0.15, 0.2) is 0 Å². The first kappa shape index (κ1) is 30.7. The summed E-state index contributed by atoms with van der Waals surface area (Å²) >= 11 is 0. The number of hydrogen-bond donors (Lipinski definition) is 2. The molecule has 2 saturated heterocycles. The van der Waals surface area contributed by atoms with E-state index in [1.165, 1.54) is 49.7 Å². The zero-order valence-electron chi connectivity index (χ0n) is 25.9. The largest absolute Gasteiger partial charge is 0.411 e. The van der Waals surface area contributed by atoms with Gasteiger partial charge in [-0.3, -0.25) is 9.80 Å². The van der Waals surface area contributed by atoms with Crippen LogP contribution in [0, 0.1) is 11.8 Å². The molecule has 2 N–H and O–H groups in total. The topological polar surface area (TPSA) is 71.7 Å². The number of nitrogens with zero attached hydrogens (tertiary/aromatic N) is 4. The van der Waals surface area contributed by atoms with Crippen LogP contribution in [0.15, 0.2) is 71.0 Å². The fourth-order valence-electron chi connectivity index (χ4n) is 7.86. The smallest absolute Gasteiger partial charge is 0.0742 e. The Morgan fingerprint density at radius 2 is 0.929 bits per heavy atom. The van der Waals surface area contributed by atoms with Crippen molar-refractivity contribution in [3.63, 3.8) is 0 Å². The van der Waals surface area contributed by atoms with Crippen LogP contribution in [0.2, 0.25) is 0 Å². The van der Waals surface area contributed by atoms with Crippen molar-refractivity contribution in [1.29, 1.82) is 0 Å². The third-order valence-corrected chi connectivity index (χ3v) is 10.6. The van der Waals surface area contributed by atoms with E-state index >= 15 is 0 Å². The highest BCUT2D eigenvalue weighted by Crippen LogP contribution is 2.49. The van der Waals surface area contributed by atoms with Gasteiger partial charge in [0.1, 0.15) is 0 Å². The molecule has 6 heteroatoms. The molecule has 2 aromatic carbocycles. The van der Waals surface area contributed by atoms with Crippen LogP contribution in [-0.4, -0.2) is 70.9 Å². The summed E-state index contributed by atoms with van der Waals surface area (Å²) in [4.78, 5) is 4.88. The molecule has 0 aromatic heterocycles. The van der Waals surface area contributed by atoms with Crippen molar-refractivity contribution in [3.05, 3.63) is 71.8 Å². The lowest BCUT2D eigenvalue weighted by Crippen LogP contribution is -2.46. The van der Waals surface area contributed by atoms with Crippen LogP contribution in [-0.2, 0) is 10.8 Å². The molecule has 2 aliphatic heterocycles. The van der Waals surface area contributed by atoms with Crippen molar-refractivity contribution < 1.29 is 10.4 Å². The molecule has 6 rings (SSSR count). The highest BCUT2D eigenvalue weighted by Gasteiger charge is 2.45. The first-order valence-electron chi connectivity index (χ1n) is 16.4. The van der Waals surface area contributed by atoms with E-state index in [9.17, 15) is 10.4 Å². The predicted octanol–water partition coefficient (Wildman–Crippen LogP) is 7.34. The number of rotatable bonds is 8. The molecule has 2 heterocycles. The van der Waals surface area contributed by atoms with E-state index in [1.54, 1.807) is 0 Å². The molecule has 2 aromatic rings. The summed E-state index contributed by atoms with van der Waals surface area (Å²) in [5.74, 6) is 0.893. The van der Waals surface area contributed by atoms with Gasteiger partial charge in [-0.1, -0.05) is 97.7 Å². The molecule has 2 aliphatic carbocycles. The summed E-state index contributed by atoms with van der Waals surface area (Å²) in [7, 11) is 0. The Kier molecular flexibility index (Phi) is 10.4. The number of likely N-dealkylation sites (tertiary alicyclic amines) is 2. The molecule has 0 atom stereocenters.